The average molecular weight is 443 g/mol. The fraction of sp³-hybridized carbons (Fsp3) is 0.227. The number of ether oxygens (including phenoxy) is 1. The molecule has 1 atom stereocenters. The summed E-state index contributed by atoms with van der Waals surface area (Å²) in [6.45, 7) is 1.23. The summed E-state index contributed by atoms with van der Waals surface area (Å²) >= 11 is 7.54. The molecule has 0 saturated heterocycles. The Hall–Kier alpha value is -2.90. The van der Waals surface area contributed by atoms with Gasteiger partial charge in [-0.25, -0.2) is 0 Å². The van der Waals surface area contributed by atoms with Gasteiger partial charge in [0.25, 0.3) is 11.8 Å². The van der Waals surface area contributed by atoms with Crippen molar-refractivity contribution in [1.29, 1.82) is 0 Å². The quantitative estimate of drug-likeness (QED) is 0.610. The molecule has 2 amide bonds. The number of fused-ring (bicyclic) bond motifs is 2. The second-order valence-corrected chi connectivity index (χ2v) is 8.46. The Morgan fingerprint density at radius 3 is 2.70 bits per heavy atom. The van der Waals surface area contributed by atoms with E-state index in [2.05, 4.69) is 5.32 Å². The van der Waals surface area contributed by atoms with E-state index in [-0.39, 0.29) is 25.1 Å². The number of thiophene rings is 1. The molecular formula is C22H19ClN2O4S. The summed E-state index contributed by atoms with van der Waals surface area (Å²) in [6, 6.07) is 15.1. The van der Waals surface area contributed by atoms with Crippen molar-refractivity contribution in [3.8, 4) is 0 Å². The maximum absolute atomic E-state index is 12.6. The van der Waals surface area contributed by atoms with Crippen LogP contribution in [0.2, 0.25) is 5.02 Å². The monoisotopic (exact) mass is 442 g/mol. The molecule has 0 unspecified atom stereocenters. The van der Waals surface area contributed by atoms with Gasteiger partial charge in [-0.2, -0.15) is 0 Å². The lowest BCUT2D eigenvalue weighted by Gasteiger charge is -2.22. The second kappa shape index (κ2) is 8.45. The number of rotatable bonds is 5. The van der Waals surface area contributed by atoms with Crippen LogP contribution in [0.4, 0.5) is 5.69 Å². The summed E-state index contributed by atoms with van der Waals surface area (Å²) in [7, 11) is 0. The molecule has 3 aromatic rings. The SMILES string of the molecule is C[C@@H]1Cc2ccccc2N1C(=O)COC(=O)CNC(=O)c1sc2ccccc2c1Cl. The summed E-state index contributed by atoms with van der Waals surface area (Å²) in [4.78, 5) is 39.0. The molecule has 1 aliphatic rings. The highest BCUT2D eigenvalue weighted by atomic mass is 35.5. The molecule has 6 nitrogen and oxygen atoms in total. The minimum absolute atomic E-state index is 0.00316. The van der Waals surface area contributed by atoms with Gasteiger partial charge in [-0.05, 0) is 31.0 Å². The van der Waals surface area contributed by atoms with Crippen LogP contribution >= 0.6 is 22.9 Å². The minimum atomic E-state index is -0.686. The number of hydrogen-bond donors (Lipinski definition) is 1. The third-order valence-electron chi connectivity index (χ3n) is 4.97. The molecule has 0 aliphatic carbocycles. The van der Waals surface area contributed by atoms with Crippen LogP contribution in [-0.2, 0) is 20.7 Å². The highest BCUT2D eigenvalue weighted by Gasteiger charge is 2.31. The van der Waals surface area contributed by atoms with Crippen molar-refractivity contribution < 1.29 is 19.1 Å². The van der Waals surface area contributed by atoms with E-state index in [0.29, 0.717) is 9.90 Å². The van der Waals surface area contributed by atoms with E-state index in [1.165, 1.54) is 11.3 Å². The first-order valence-electron chi connectivity index (χ1n) is 9.46. The molecule has 1 aliphatic heterocycles. The van der Waals surface area contributed by atoms with E-state index in [9.17, 15) is 14.4 Å². The topological polar surface area (TPSA) is 75.7 Å². The van der Waals surface area contributed by atoms with Crippen LogP contribution in [-0.4, -0.2) is 37.0 Å². The zero-order valence-corrected chi connectivity index (χ0v) is 17.8. The van der Waals surface area contributed by atoms with Crippen LogP contribution in [0, 0.1) is 0 Å². The molecule has 4 rings (SSSR count). The van der Waals surface area contributed by atoms with Gasteiger partial charge in [-0.15, -0.1) is 11.3 Å². The van der Waals surface area contributed by atoms with Crippen molar-refractivity contribution in [2.45, 2.75) is 19.4 Å². The van der Waals surface area contributed by atoms with Gasteiger partial charge in [0.05, 0.1) is 5.02 Å². The zero-order valence-electron chi connectivity index (χ0n) is 16.2. The first-order chi connectivity index (χ1) is 14.5. The Morgan fingerprint density at radius 1 is 1.17 bits per heavy atom. The van der Waals surface area contributed by atoms with Crippen LogP contribution in [0.5, 0.6) is 0 Å². The van der Waals surface area contributed by atoms with Crippen molar-refractivity contribution in [2.75, 3.05) is 18.1 Å². The average Bonchev–Trinajstić information content (AvgIpc) is 3.26. The van der Waals surface area contributed by atoms with E-state index < -0.39 is 11.9 Å². The number of benzene rings is 2. The van der Waals surface area contributed by atoms with Crippen LogP contribution in [0.25, 0.3) is 10.1 Å². The van der Waals surface area contributed by atoms with Gasteiger partial charge in [0.15, 0.2) is 6.61 Å². The summed E-state index contributed by atoms with van der Waals surface area (Å²) < 4.78 is 5.97. The highest BCUT2D eigenvalue weighted by molar-refractivity contribution is 7.21. The normalized spacial score (nSPS) is 15.1. The minimum Gasteiger partial charge on any atom is -0.454 e. The number of carbonyl (C=O) groups is 3. The van der Waals surface area contributed by atoms with Crippen LogP contribution in [0.3, 0.4) is 0 Å². The van der Waals surface area contributed by atoms with Gasteiger partial charge >= 0.3 is 5.97 Å². The lowest BCUT2D eigenvalue weighted by Crippen LogP contribution is -2.39. The largest absolute Gasteiger partial charge is 0.454 e. The summed E-state index contributed by atoms with van der Waals surface area (Å²) in [5.41, 5.74) is 1.94. The van der Waals surface area contributed by atoms with Gasteiger partial charge in [0, 0.05) is 21.8 Å². The van der Waals surface area contributed by atoms with E-state index in [4.69, 9.17) is 16.3 Å². The lowest BCUT2D eigenvalue weighted by molar-refractivity contribution is -0.146. The summed E-state index contributed by atoms with van der Waals surface area (Å²) in [6.07, 6.45) is 0.766. The first kappa shape index (κ1) is 20.4. The zero-order chi connectivity index (χ0) is 21.3. The smallest absolute Gasteiger partial charge is 0.325 e. The number of anilines is 1. The van der Waals surface area contributed by atoms with E-state index in [0.717, 1.165) is 27.8 Å². The van der Waals surface area contributed by atoms with Crippen LogP contribution in [0.1, 0.15) is 22.2 Å². The molecule has 0 fully saturated rings. The Bertz CT molecular complexity index is 1140. The molecular weight excluding hydrogens is 424 g/mol. The Kier molecular flexibility index (Phi) is 5.74. The lowest BCUT2D eigenvalue weighted by atomic mass is 10.1. The number of nitrogens with one attached hydrogen (secondary N) is 1. The summed E-state index contributed by atoms with van der Waals surface area (Å²) in [5, 5.41) is 3.66. The predicted octanol–water partition coefficient (Wildman–Crippen LogP) is 3.81. The Morgan fingerprint density at radius 2 is 1.90 bits per heavy atom. The number of para-hydroxylation sites is 1. The van der Waals surface area contributed by atoms with Crippen LogP contribution in [0.15, 0.2) is 48.5 Å². The molecule has 8 heteroatoms. The second-order valence-electron chi connectivity index (χ2n) is 7.03. The molecule has 0 saturated carbocycles. The molecule has 2 aromatic carbocycles. The number of esters is 1. The fourth-order valence-electron chi connectivity index (χ4n) is 3.60. The van der Waals surface area contributed by atoms with Gasteiger partial charge in [-0.1, -0.05) is 48.0 Å². The van der Waals surface area contributed by atoms with E-state index in [1.54, 1.807) is 4.90 Å². The van der Waals surface area contributed by atoms with Crippen molar-refractivity contribution in [3.63, 3.8) is 0 Å². The van der Waals surface area contributed by atoms with Gasteiger partial charge < -0.3 is 15.0 Å². The predicted molar refractivity (Wildman–Crippen MR) is 117 cm³/mol. The molecule has 1 aromatic heterocycles. The molecule has 30 heavy (non-hydrogen) atoms. The number of hydrogen-bond acceptors (Lipinski definition) is 5. The van der Waals surface area contributed by atoms with Crippen molar-refractivity contribution in [1.82, 2.24) is 5.32 Å². The molecule has 0 bridgehead atoms. The van der Waals surface area contributed by atoms with Gasteiger partial charge in [0.1, 0.15) is 11.4 Å². The van der Waals surface area contributed by atoms with Crippen molar-refractivity contribution >= 4 is 56.5 Å². The highest BCUT2D eigenvalue weighted by Crippen LogP contribution is 2.35. The number of amides is 2. The van der Waals surface area contributed by atoms with E-state index in [1.807, 2.05) is 55.5 Å². The molecule has 1 N–H and O–H groups in total. The van der Waals surface area contributed by atoms with Gasteiger partial charge in [-0.3, -0.25) is 14.4 Å². The number of halogens is 1. The third-order valence-corrected chi connectivity index (χ3v) is 6.64. The third kappa shape index (κ3) is 3.91. The van der Waals surface area contributed by atoms with E-state index >= 15 is 0 Å². The maximum atomic E-state index is 12.6. The molecule has 0 radical (unpaired) electrons. The number of carbonyl (C=O) groups excluding carboxylic acids is 3. The number of nitrogens with zero attached hydrogens (tertiary/aromatic N) is 1. The summed E-state index contributed by atoms with van der Waals surface area (Å²) in [5.74, 6) is -1.43. The molecule has 154 valence electrons. The van der Waals surface area contributed by atoms with Crippen molar-refractivity contribution in [3.05, 3.63) is 64.0 Å². The van der Waals surface area contributed by atoms with Gasteiger partial charge in [0.2, 0.25) is 0 Å². The van der Waals surface area contributed by atoms with Crippen LogP contribution < -0.4 is 10.2 Å². The maximum Gasteiger partial charge on any atom is 0.325 e. The Labute approximate surface area is 182 Å². The Balaban J connectivity index is 1.31. The molecule has 0 spiro atoms. The molecule has 2 heterocycles. The first-order valence-corrected chi connectivity index (χ1v) is 10.7. The standard InChI is InChI=1S/C22H19ClN2O4S/c1-13-10-14-6-2-4-8-16(14)25(13)18(26)12-29-19(27)11-24-22(28)21-20(23)15-7-3-5-9-17(15)30-21/h2-9,13H,10-12H2,1H3,(H,24,28)/t13-/m1/s1. The fourth-order valence-corrected chi connectivity index (χ4v) is 5.03. The van der Waals surface area contributed by atoms with Crippen molar-refractivity contribution in [2.24, 2.45) is 0 Å².